The number of nitrogens with two attached hydrogens (primary N) is 1. The van der Waals surface area contributed by atoms with Crippen LogP contribution in [0.25, 0.3) is 0 Å². The third-order valence-corrected chi connectivity index (χ3v) is 3.10. The molecule has 1 aromatic heterocycles. The Kier molecular flexibility index (Phi) is 2.43. The van der Waals surface area contributed by atoms with Gasteiger partial charge in [-0.05, 0) is 12.1 Å². The molecular weight excluding hydrogens is 238 g/mol. The molecule has 1 aromatic carbocycles. The van der Waals surface area contributed by atoms with E-state index in [4.69, 9.17) is 5.73 Å². The zero-order valence-electron chi connectivity index (χ0n) is 9.61. The van der Waals surface area contributed by atoms with Crippen LogP contribution in [0.1, 0.15) is 5.82 Å². The first-order chi connectivity index (χ1) is 8.65. The van der Waals surface area contributed by atoms with Crippen molar-refractivity contribution >= 4 is 11.4 Å². The van der Waals surface area contributed by atoms with Crippen LogP contribution in [0.15, 0.2) is 24.5 Å². The third kappa shape index (κ3) is 1.70. The lowest BCUT2D eigenvalue weighted by molar-refractivity contribution is 0.522. The van der Waals surface area contributed by atoms with Crippen LogP contribution >= 0.6 is 0 Å². The number of anilines is 2. The van der Waals surface area contributed by atoms with E-state index < -0.39 is 11.6 Å². The first-order valence-corrected chi connectivity index (χ1v) is 5.64. The van der Waals surface area contributed by atoms with Crippen LogP contribution in [0.4, 0.5) is 20.2 Å². The lowest BCUT2D eigenvalue weighted by atomic mass is 10.2. The van der Waals surface area contributed by atoms with Gasteiger partial charge in [0.05, 0.1) is 6.54 Å². The average molecular weight is 250 g/mol. The molecule has 0 aliphatic carbocycles. The molecule has 2 N–H and O–H groups in total. The Morgan fingerprint density at radius 3 is 2.61 bits per heavy atom. The van der Waals surface area contributed by atoms with E-state index in [2.05, 4.69) is 4.98 Å². The van der Waals surface area contributed by atoms with Crippen molar-refractivity contribution in [1.82, 2.24) is 9.55 Å². The van der Waals surface area contributed by atoms with E-state index in [9.17, 15) is 8.78 Å². The lowest BCUT2D eigenvalue weighted by Gasteiger charge is -2.30. The van der Waals surface area contributed by atoms with Crippen LogP contribution in [-0.2, 0) is 13.1 Å². The SMILES string of the molecule is Nc1cc(F)c(N2CCn3ccnc3C2)c(F)c1. The molecule has 1 aliphatic rings. The molecular formula is C12H12F2N4. The average Bonchev–Trinajstić information content (AvgIpc) is 2.74. The molecule has 18 heavy (non-hydrogen) atoms. The number of halogens is 2. The predicted octanol–water partition coefficient (Wildman–Crippen LogP) is 1.76. The van der Waals surface area contributed by atoms with Crippen molar-refractivity contribution in [3.63, 3.8) is 0 Å². The fraction of sp³-hybridized carbons (Fsp3) is 0.250. The van der Waals surface area contributed by atoms with Crippen LogP contribution in [0, 0.1) is 11.6 Å². The fourth-order valence-corrected chi connectivity index (χ4v) is 2.25. The summed E-state index contributed by atoms with van der Waals surface area (Å²) in [7, 11) is 0. The van der Waals surface area contributed by atoms with Crippen LogP contribution in [0.3, 0.4) is 0 Å². The third-order valence-electron chi connectivity index (χ3n) is 3.10. The Labute approximate surface area is 103 Å². The molecule has 0 spiro atoms. The molecule has 0 radical (unpaired) electrons. The summed E-state index contributed by atoms with van der Waals surface area (Å²) in [6.07, 6.45) is 3.55. The second-order valence-corrected chi connectivity index (χ2v) is 4.29. The Balaban J connectivity index is 1.98. The minimum Gasteiger partial charge on any atom is -0.399 e. The zero-order chi connectivity index (χ0) is 12.7. The highest BCUT2D eigenvalue weighted by atomic mass is 19.1. The van der Waals surface area contributed by atoms with Crippen molar-refractivity contribution in [2.45, 2.75) is 13.1 Å². The Morgan fingerprint density at radius 1 is 1.17 bits per heavy atom. The molecule has 6 heteroatoms. The molecule has 0 fully saturated rings. The van der Waals surface area contributed by atoms with Crippen LogP contribution in [0.5, 0.6) is 0 Å². The van der Waals surface area contributed by atoms with Gasteiger partial charge in [-0.15, -0.1) is 0 Å². The number of aromatic nitrogens is 2. The van der Waals surface area contributed by atoms with Gasteiger partial charge in [0.15, 0.2) is 11.6 Å². The van der Waals surface area contributed by atoms with E-state index in [0.717, 1.165) is 18.0 Å². The lowest BCUT2D eigenvalue weighted by Crippen LogP contribution is -2.34. The first-order valence-electron chi connectivity index (χ1n) is 5.64. The highest BCUT2D eigenvalue weighted by Gasteiger charge is 2.22. The molecule has 0 saturated heterocycles. The number of benzene rings is 1. The minimum atomic E-state index is -0.632. The van der Waals surface area contributed by atoms with Gasteiger partial charge < -0.3 is 15.2 Å². The molecule has 0 bridgehead atoms. The Morgan fingerprint density at radius 2 is 1.89 bits per heavy atom. The monoisotopic (exact) mass is 250 g/mol. The van der Waals surface area contributed by atoms with Gasteiger partial charge in [-0.25, -0.2) is 13.8 Å². The summed E-state index contributed by atoms with van der Waals surface area (Å²) in [5.41, 5.74) is 5.46. The van der Waals surface area contributed by atoms with Crippen molar-refractivity contribution < 1.29 is 8.78 Å². The van der Waals surface area contributed by atoms with Gasteiger partial charge in [0.2, 0.25) is 0 Å². The highest BCUT2D eigenvalue weighted by molar-refractivity contribution is 5.56. The van der Waals surface area contributed by atoms with E-state index in [0.29, 0.717) is 19.6 Å². The standard InChI is InChI=1S/C12H12F2N4/c13-9-5-8(15)6-10(14)12(9)18-4-3-17-2-1-16-11(17)7-18/h1-2,5-6H,3-4,7,15H2. The topological polar surface area (TPSA) is 47.1 Å². The van der Waals surface area contributed by atoms with Gasteiger partial charge in [-0.3, -0.25) is 0 Å². The van der Waals surface area contributed by atoms with Crippen LogP contribution in [-0.4, -0.2) is 16.1 Å². The van der Waals surface area contributed by atoms with Crippen molar-refractivity contribution in [2.75, 3.05) is 17.2 Å². The van der Waals surface area contributed by atoms with Crippen molar-refractivity contribution in [1.29, 1.82) is 0 Å². The molecule has 1 aliphatic heterocycles. The second-order valence-electron chi connectivity index (χ2n) is 4.29. The summed E-state index contributed by atoms with van der Waals surface area (Å²) in [6, 6.07) is 2.28. The normalized spacial score (nSPS) is 14.7. The smallest absolute Gasteiger partial charge is 0.151 e. The summed E-state index contributed by atoms with van der Waals surface area (Å²) in [5, 5.41) is 0. The number of rotatable bonds is 1. The van der Waals surface area contributed by atoms with E-state index in [1.807, 2.05) is 10.8 Å². The summed E-state index contributed by atoms with van der Waals surface area (Å²) in [5.74, 6) is -0.461. The molecule has 2 heterocycles. The van der Waals surface area contributed by atoms with Gasteiger partial charge >= 0.3 is 0 Å². The molecule has 0 saturated carbocycles. The van der Waals surface area contributed by atoms with Gasteiger partial charge in [0.25, 0.3) is 0 Å². The molecule has 94 valence electrons. The van der Waals surface area contributed by atoms with E-state index in [1.54, 1.807) is 11.1 Å². The number of imidazole rings is 1. The zero-order valence-corrected chi connectivity index (χ0v) is 9.61. The van der Waals surface area contributed by atoms with Crippen LogP contribution < -0.4 is 10.6 Å². The molecule has 0 amide bonds. The fourth-order valence-electron chi connectivity index (χ4n) is 2.25. The number of hydrogen-bond acceptors (Lipinski definition) is 3. The van der Waals surface area contributed by atoms with Crippen LogP contribution in [0.2, 0.25) is 0 Å². The maximum absolute atomic E-state index is 13.8. The predicted molar refractivity (Wildman–Crippen MR) is 64.0 cm³/mol. The summed E-state index contributed by atoms with van der Waals surface area (Å²) >= 11 is 0. The minimum absolute atomic E-state index is 0.0292. The highest BCUT2D eigenvalue weighted by Crippen LogP contribution is 2.28. The largest absolute Gasteiger partial charge is 0.399 e. The first kappa shape index (κ1) is 11.0. The van der Waals surface area contributed by atoms with Gasteiger partial charge in [-0.2, -0.15) is 0 Å². The second kappa shape index (κ2) is 3.97. The van der Waals surface area contributed by atoms with Crippen molar-refractivity contribution in [2.24, 2.45) is 0 Å². The van der Waals surface area contributed by atoms with Gasteiger partial charge in [-0.1, -0.05) is 0 Å². The summed E-state index contributed by atoms with van der Waals surface area (Å²) in [6.45, 7) is 1.60. The summed E-state index contributed by atoms with van der Waals surface area (Å²) in [4.78, 5) is 5.81. The van der Waals surface area contributed by atoms with Gasteiger partial charge in [0, 0.05) is 31.2 Å². The molecule has 3 rings (SSSR count). The van der Waals surface area contributed by atoms with Gasteiger partial charge in [0.1, 0.15) is 11.5 Å². The maximum atomic E-state index is 13.8. The van der Waals surface area contributed by atoms with E-state index >= 15 is 0 Å². The molecule has 0 atom stereocenters. The van der Waals surface area contributed by atoms with Crippen molar-refractivity contribution in [3.05, 3.63) is 42.0 Å². The Bertz CT molecular complexity index is 571. The Hall–Kier alpha value is -2.11. The molecule has 2 aromatic rings. The van der Waals surface area contributed by atoms with Crippen molar-refractivity contribution in [3.8, 4) is 0 Å². The summed E-state index contributed by atoms with van der Waals surface area (Å²) < 4.78 is 29.6. The molecule has 4 nitrogen and oxygen atoms in total. The molecule has 0 unspecified atom stereocenters. The van der Waals surface area contributed by atoms with E-state index in [1.165, 1.54) is 0 Å². The number of hydrogen-bond donors (Lipinski definition) is 1. The quantitative estimate of drug-likeness (QED) is 0.784. The maximum Gasteiger partial charge on any atom is 0.151 e. The van der Waals surface area contributed by atoms with E-state index in [-0.39, 0.29) is 11.4 Å². The number of fused-ring (bicyclic) bond motifs is 1. The number of nitrogens with zero attached hydrogens (tertiary/aromatic N) is 3. The number of nitrogen functional groups attached to an aromatic ring is 1.